The fourth-order valence-electron chi connectivity index (χ4n) is 13.1. The molecule has 4 saturated heterocycles. The first-order valence-corrected chi connectivity index (χ1v) is 37.3. The van der Waals surface area contributed by atoms with Crippen molar-refractivity contribution < 1.29 is 76.3 Å². The Kier molecular flexibility index (Phi) is 21.2. The van der Waals surface area contributed by atoms with E-state index in [0.717, 1.165) is 53.5 Å². The summed E-state index contributed by atoms with van der Waals surface area (Å²) in [6.45, 7) is -5.58. The number of para-hydroxylation sites is 1. The minimum absolute atomic E-state index is 0.00139. The maximum Gasteiger partial charge on any atom is 0.325 e. The second-order valence-electron chi connectivity index (χ2n) is 24.7. The number of aliphatic hydroxyl groups excluding tert-OH is 2. The van der Waals surface area contributed by atoms with Gasteiger partial charge in [0.2, 0.25) is 29.6 Å². The van der Waals surface area contributed by atoms with Gasteiger partial charge in [0.05, 0.1) is 50.1 Å². The van der Waals surface area contributed by atoms with Crippen LogP contribution in [0, 0.1) is 23.7 Å². The van der Waals surface area contributed by atoms with Crippen LogP contribution >= 0.6 is 13.4 Å². The molecule has 510 valence electrons. The molecule has 4 fully saturated rings. The second-order valence-corrected chi connectivity index (χ2v) is 30.3. The van der Waals surface area contributed by atoms with Crippen molar-refractivity contribution in [3.63, 3.8) is 0 Å². The van der Waals surface area contributed by atoms with E-state index in [2.05, 4.69) is 52.7 Å². The first kappa shape index (κ1) is 68.8. The van der Waals surface area contributed by atoms with Crippen LogP contribution in [0.2, 0.25) is 0 Å². The van der Waals surface area contributed by atoms with E-state index < -0.39 is 99.4 Å². The number of nitrogens with one attached hydrogen (secondary N) is 3. The minimum atomic E-state index is -4.35. The summed E-state index contributed by atoms with van der Waals surface area (Å²) in [6, 6.07) is 14.1. The number of ether oxygens (including phenoxy) is 2. The van der Waals surface area contributed by atoms with Gasteiger partial charge in [0, 0.05) is 80.4 Å². The lowest BCUT2D eigenvalue weighted by Gasteiger charge is -2.28. The molecule has 2 unspecified atom stereocenters. The molecule has 6 aromatic rings. The monoisotopic (exact) mass is 1400 g/mol. The quantitative estimate of drug-likeness (QED) is 0.0306. The molecule has 9 N–H and O–H groups in total. The summed E-state index contributed by atoms with van der Waals surface area (Å²) >= 11 is 11.0. The molecule has 12 rings (SSSR count). The van der Waals surface area contributed by atoms with Crippen LogP contribution in [0.3, 0.4) is 0 Å². The number of likely N-dealkylation sites (tertiary alicyclic amines) is 1. The van der Waals surface area contributed by atoms with Crippen LogP contribution in [0.5, 0.6) is 0 Å². The van der Waals surface area contributed by atoms with Crippen molar-refractivity contribution in [2.45, 2.75) is 153 Å². The fourth-order valence-corrected chi connectivity index (χ4v) is 16.0. The number of anilines is 3. The molecule has 13 atom stereocenters. The molecule has 4 aromatic heterocycles. The number of amides is 4. The Balaban J connectivity index is 0.624. The van der Waals surface area contributed by atoms with E-state index in [-0.39, 0.29) is 111 Å². The van der Waals surface area contributed by atoms with Crippen LogP contribution in [0.25, 0.3) is 22.2 Å². The number of hydrogen-bond donors (Lipinski definition) is 8. The molecule has 2 bridgehead atoms. The molecule has 0 saturated carbocycles. The Hall–Kier alpha value is -7.11. The molecular formula is C63H75N13O16P2S2. The molecule has 2 aromatic carbocycles. The molecule has 0 spiro atoms. The number of imidazole rings is 1. The zero-order valence-electron chi connectivity index (χ0n) is 52.6. The maximum absolute atomic E-state index is 14.1. The normalized spacial score (nSPS) is 27.0. The van der Waals surface area contributed by atoms with Gasteiger partial charge in [-0.3, -0.25) is 42.4 Å². The van der Waals surface area contributed by atoms with Crippen molar-refractivity contribution in [1.29, 1.82) is 0 Å². The highest BCUT2D eigenvalue weighted by Gasteiger charge is 2.53. The van der Waals surface area contributed by atoms with Crippen LogP contribution < -0.4 is 26.6 Å². The van der Waals surface area contributed by atoms with E-state index in [1.807, 2.05) is 68.6 Å². The van der Waals surface area contributed by atoms with Gasteiger partial charge < -0.3 is 74.6 Å². The molecule has 1 aliphatic carbocycles. The first-order chi connectivity index (χ1) is 46.1. The topological polar surface area (TPSA) is 382 Å². The Morgan fingerprint density at radius 3 is 2.29 bits per heavy atom. The predicted molar refractivity (Wildman–Crippen MR) is 354 cm³/mol. The number of carbonyl (C=O) groups excluding carboxylic acids is 6. The van der Waals surface area contributed by atoms with Crippen LogP contribution in [0.1, 0.15) is 118 Å². The lowest BCUT2D eigenvalue weighted by molar-refractivity contribution is -0.140. The summed E-state index contributed by atoms with van der Waals surface area (Å²) in [5, 5.41) is 33.0. The minimum Gasteiger partial charge on any atom is -0.387 e. The number of Topliss-reactive ketones (excluding diaryl/α,β-unsaturated/α-hetero) is 2. The van der Waals surface area contributed by atoms with Crippen molar-refractivity contribution in [3.8, 4) is 11.8 Å². The lowest BCUT2D eigenvalue weighted by Crippen LogP contribution is -2.44. The van der Waals surface area contributed by atoms with E-state index in [4.69, 9.17) is 56.9 Å². The summed E-state index contributed by atoms with van der Waals surface area (Å²) in [5.74, 6) is 3.09. The third kappa shape index (κ3) is 15.1. The predicted octanol–water partition coefficient (Wildman–Crippen LogP) is 3.83. The molecule has 5 aliphatic heterocycles. The molecule has 33 heteroatoms. The van der Waals surface area contributed by atoms with Crippen LogP contribution in [-0.2, 0) is 99.3 Å². The summed E-state index contributed by atoms with van der Waals surface area (Å²) in [7, 11) is 0. The van der Waals surface area contributed by atoms with Crippen molar-refractivity contribution in [2.75, 3.05) is 55.3 Å². The average Bonchev–Trinajstić information content (AvgIpc) is 1.59. The van der Waals surface area contributed by atoms with Gasteiger partial charge >= 0.3 is 13.4 Å². The van der Waals surface area contributed by atoms with E-state index >= 15 is 0 Å². The third-order valence-electron chi connectivity index (χ3n) is 18.4. The number of rotatable bonds is 20. The number of nitrogens with two attached hydrogens (primary N) is 1. The van der Waals surface area contributed by atoms with E-state index in [0.29, 0.717) is 42.7 Å². The highest BCUT2D eigenvalue weighted by atomic mass is 32.5. The summed E-state index contributed by atoms with van der Waals surface area (Å²) < 4.78 is 39.3. The number of carbonyl (C=O) groups is 6. The molecule has 4 amide bonds. The van der Waals surface area contributed by atoms with Gasteiger partial charge in [0.15, 0.2) is 35.5 Å². The number of nitrogen functional groups attached to an aromatic ring is 1. The third-order valence-corrected chi connectivity index (χ3v) is 21.5. The molecular weight excluding hydrogens is 1320 g/mol. The van der Waals surface area contributed by atoms with Gasteiger partial charge in [-0.25, -0.2) is 15.0 Å². The van der Waals surface area contributed by atoms with Gasteiger partial charge in [-0.2, -0.15) is 9.97 Å². The number of fused-ring (bicyclic) bond motifs is 6. The Labute approximate surface area is 562 Å². The number of nitrogens with zero attached hydrogens (tertiary/aromatic N) is 9. The standard InChI is InChI=1S/C63H75N13O16P2S2/c1-3-35(2)41(27-45(78)44-17-10-26-73(44)49(80)22-20-40(77)28-67-48(79)21-23-50(81)74-29-38-13-5-4-11-36(38)18-19-37-12-7-9-16-43(37)74)60(84)65-24-25-66-63-71-57(64)52-59(72-63)76(34-70-52)62-56-53(82)46(89-62)31-87-93(85,95)91-55-47(32-88-94(86,96)92-56)90-61(54(55)83)75-30-39-14-6-8-15-42-51(39)58(75)69-33-68-42/h4-5,7,9,11-13,16,30,33-35,41,44,46-47,53-56,61-62,82-83H,3,6,8,10,14-15,17,20-29,31-32H2,1-2H3,(H,65,84)(H,67,79)(H,85,95)(H,86,96)(H3,64,66,71,72)/t35-,41-,44-,46+,47+,53+,54+,55+,56+,61+,62+,93?,94?/m0/s1. The van der Waals surface area contributed by atoms with Crippen molar-refractivity contribution in [3.05, 3.63) is 95.3 Å². The van der Waals surface area contributed by atoms with Gasteiger partial charge in [-0.05, 0) is 97.4 Å². The van der Waals surface area contributed by atoms with Gasteiger partial charge in [0.25, 0.3) is 0 Å². The molecule has 96 heavy (non-hydrogen) atoms. The highest BCUT2D eigenvalue weighted by Crippen LogP contribution is 2.54. The van der Waals surface area contributed by atoms with Crippen LogP contribution in [-0.4, -0.2) is 176 Å². The summed E-state index contributed by atoms with van der Waals surface area (Å²) in [5.41, 5.74) is 12.0. The number of hydrogen-bond acceptors (Lipinski definition) is 23. The average molecular weight is 1400 g/mol. The highest BCUT2D eigenvalue weighted by molar-refractivity contribution is 8.07. The van der Waals surface area contributed by atoms with E-state index in [1.54, 1.807) is 9.47 Å². The zero-order valence-corrected chi connectivity index (χ0v) is 56.1. The second kappa shape index (κ2) is 29.5. The molecule has 9 heterocycles. The van der Waals surface area contributed by atoms with Crippen molar-refractivity contribution in [2.24, 2.45) is 11.8 Å². The molecule has 6 aliphatic rings. The number of benzene rings is 2. The van der Waals surface area contributed by atoms with Gasteiger partial charge in [-0.15, -0.1) is 0 Å². The number of aliphatic hydroxyl groups is 2. The first-order valence-electron chi connectivity index (χ1n) is 32.1. The fraction of sp³-hybridized carbons (Fsp3) is 0.508. The van der Waals surface area contributed by atoms with Crippen LogP contribution in [0.15, 0.2) is 67.4 Å². The van der Waals surface area contributed by atoms with E-state index in [9.17, 15) is 48.8 Å². The van der Waals surface area contributed by atoms with Gasteiger partial charge in [0.1, 0.15) is 54.1 Å². The van der Waals surface area contributed by atoms with E-state index in [1.165, 1.54) is 22.1 Å². The summed E-state index contributed by atoms with van der Waals surface area (Å²) in [4.78, 5) is 130. The Bertz CT molecular complexity index is 4150. The Morgan fingerprint density at radius 1 is 0.771 bits per heavy atom. The molecule has 29 nitrogen and oxygen atoms in total. The Morgan fingerprint density at radius 2 is 1.49 bits per heavy atom. The van der Waals surface area contributed by atoms with Crippen LogP contribution in [0.4, 0.5) is 17.5 Å². The summed E-state index contributed by atoms with van der Waals surface area (Å²) in [6.07, 6.45) is -2.17. The van der Waals surface area contributed by atoms with Crippen molar-refractivity contribution >= 4 is 112 Å². The number of ketones is 2. The number of aryl methyl sites for hydroxylation is 2. The maximum atomic E-state index is 14.1. The zero-order chi connectivity index (χ0) is 67.6. The smallest absolute Gasteiger partial charge is 0.325 e. The largest absolute Gasteiger partial charge is 0.387 e. The molecule has 0 radical (unpaired) electrons. The lowest BCUT2D eigenvalue weighted by atomic mass is 9.85. The SMILES string of the molecule is CC[C@H](C)[C@H](CC(=O)[C@@H]1CCCN1C(=O)CCC(=O)CNC(=O)CCC(=O)N1Cc2ccccc2C#Cc2ccccc21)C(=O)NCCNc1nc(N)c2ncn([C@@H]3O[C@@H]4COP(O)(=S)O[C@H]5[C@@H](O)[C@H](n6cc7c8c(ncnc86)CCCC7)O[C@@H]5COP(O)(=S)O[C@@H]3[C@@H]4O)c2n1. The van der Waals surface area contributed by atoms with Crippen molar-refractivity contribution in [1.82, 2.24) is 49.6 Å². The van der Waals surface area contributed by atoms with Gasteiger partial charge in [-0.1, -0.05) is 62.4 Å². The number of aromatic nitrogens is 7.